The van der Waals surface area contributed by atoms with E-state index in [-0.39, 0.29) is 6.79 Å². The molecule has 0 aromatic heterocycles. The Morgan fingerprint density at radius 3 is 2.17 bits per heavy atom. The van der Waals surface area contributed by atoms with E-state index in [1.165, 1.54) is 0 Å². The Labute approximate surface area is 178 Å². The van der Waals surface area contributed by atoms with E-state index in [0.717, 1.165) is 42.8 Å². The fraction of sp³-hybridized carbons (Fsp3) is 0.167. The third-order valence-corrected chi connectivity index (χ3v) is 6.32. The SMILES string of the molecule is COc1cc2c(Sc3ccccc3)c3cc4c(cc3cc2c(OC)c1OC)OCO4. The summed E-state index contributed by atoms with van der Waals surface area (Å²) in [5.41, 5.74) is 0. The standard InChI is InChI=1S/C24H20O5S/c1-25-21-12-18-17(22(26-2)23(21)27-3)9-14-10-19-20(29-13-28-19)11-16(14)24(18)30-15-7-5-4-6-8-15/h4-12H,13H2,1-3H3. The highest BCUT2D eigenvalue weighted by molar-refractivity contribution is 7.99. The summed E-state index contributed by atoms with van der Waals surface area (Å²) >= 11 is 1.70. The Morgan fingerprint density at radius 2 is 1.47 bits per heavy atom. The molecule has 5 rings (SSSR count). The quantitative estimate of drug-likeness (QED) is 0.375. The summed E-state index contributed by atoms with van der Waals surface area (Å²) in [6, 6.07) is 18.5. The van der Waals surface area contributed by atoms with Crippen molar-refractivity contribution < 1.29 is 23.7 Å². The lowest BCUT2D eigenvalue weighted by atomic mass is 10.0. The van der Waals surface area contributed by atoms with Crippen LogP contribution in [0.5, 0.6) is 28.7 Å². The number of hydrogen-bond donors (Lipinski definition) is 0. The average Bonchev–Trinajstić information content (AvgIpc) is 3.24. The molecule has 1 aliphatic rings. The van der Waals surface area contributed by atoms with Crippen LogP contribution < -0.4 is 23.7 Å². The monoisotopic (exact) mass is 420 g/mol. The maximum Gasteiger partial charge on any atom is 0.231 e. The molecule has 1 heterocycles. The van der Waals surface area contributed by atoms with E-state index in [0.29, 0.717) is 17.2 Å². The van der Waals surface area contributed by atoms with Gasteiger partial charge in [-0.1, -0.05) is 30.0 Å². The fourth-order valence-electron chi connectivity index (χ4n) is 3.80. The molecule has 0 N–H and O–H groups in total. The molecule has 0 unspecified atom stereocenters. The molecule has 1 aliphatic heterocycles. The zero-order chi connectivity index (χ0) is 20.7. The summed E-state index contributed by atoms with van der Waals surface area (Å²) in [6.07, 6.45) is 0. The topological polar surface area (TPSA) is 46.2 Å². The molecule has 30 heavy (non-hydrogen) atoms. The van der Waals surface area contributed by atoms with Crippen molar-refractivity contribution in [1.29, 1.82) is 0 Å². The van der Waals surface area contributed by atoms with Crippen molar-refractivity contribution in [2.75, 3.05) is 28.1 Å². The summed E-state index contributed by atoms with van der Waals surface area (Å²) in [6.45, 7) is 0.233. The van der Waals surface area contributed by atoms with E-state index in [1.807, 2.05) is 36.4 Å². The first-order chi connectivity index (χ1) is 14.7. The Balaban J connectivity index is 1.89. The minimum Gasteiger partial charge on any atom is -0.493 e. The van der Waals surface area contributed by atoms with Gasteiger partial charge in [0.25, 0.3) is 0 Å². The van der Waals surface area contributed by atoms with Gasteiger partial charge >= 0.3 is 0 Å². The van der Waals surface area contributed by atoms with Crippen LogP contribution >= 0.6 is 11.8 Å². The van der Waals surface area contributed by atoms with Crippen molar-refractivity contribution in [3.63, 3.8) is 0 Å². The zero-order valence-corrected chi connectivity index (χ0v) is 17.7. The van der Waals surface area contributed by atoms with Gasteiger partial charge in [0.2, 0.25) is 12.5 Å². The summed E-state index contributed by atoms with van der Waals surface area (Å²) in [5.74, 6) is 3.34. The smallest absolute Gasteiger partial charge is 0.231 e. The zero-order valence-electron chi connectivity index (χ0n) is 16.9. The predicted octanol–water partition coefficient (Wildman–Crippen LogP) is 5.90. The molecule has 0 radical (unpaired) electrons. The lowest BCUT2D eigenvalue weighted by Crippen LogP contribution is -1.97. The van der Waals surface area contributed by atoms with Gasteiger partial charge < -0.3 is 23.7 Å². The number of benzene rings is 4. The number of methoxy groups -OCH3 is 3. The van der Waals surface area contributed by atoms with Gasteiger partial charge in [0.05, 0.1) is 21.3 Å². The highest BCUT2D eigenvalue weighted by Crippen LogP contribution is 2.50. The summed E-state index contributed by atoms with van der Waals surface area (Å²) in [7, 11) is 4.89. The number of fused-ring (bicyclic) bond motifs is 3. The second-order valence-electron chi connectivity index (χ2n) is 6.79. The normalized spacial score (nSPS) is 12.4. The fourth-order valence-corrected chi connectivity index (χ4v) is 4.89. The second-order valence-corrected chi connectivity index (χ2v) is 7.87. The van der Waals surface area contributed by atoms with Crippen molar-refractivity contribution in [2.45, 2.75) is 9.79 Å². The Morgan fingerprint density at radius 1 is 0.733 bits per heavy atom. The molecule has 0 saturated carbocycles. The van der Waals surface area contributed by atoms with Crippen molar-refractivity contribution in [3.8, 4) is 28.7 Å². The third kappa shape index (κ3) is 2.95. The van der Waals surface area contributed by atoms with Crippen LogP contribution in [0, 0.1) is 0 Å². The van der Waals surface area contributed by atoms with Crippen LogP contribution in [0.2, 0.25) is 0 Å². The molecule has 4 aromatic carbocycles. The lowest BCUT2D eigenvalue weighted by Gasteiger charge is -2.18. The van der Waals surface area contributed by atoms with Crippen LogP contribution in [0.15, 0.2) is 64.4 Å². The van der Waals surface area contributed by atoms with Crippen molar-refractivity contribution in [3.05, 3.63) is 54.6 Å². The van der Waals surface area contributed by atoms with Gasteiger partial charge in [-0.3, -0.25) is 0 Å². The maximum atomic E-state index is 5.77. The van der Waals surface area contributed by atoms with Crippen molar-refractivity contribution >= 4 is 33.3 Å². The van der Waals surface area contributed by atoms with Crippen LogP contribution in [0.3, 0.4) is 0 Å². The molecule has 0 amide bonds. The van der Waals surface area contributed by atoms with Gasteiger partial charge in [-0.25, -0.2) is 0 Å². The van der Waals surface area contributed by atoms with E-state index in [9.17, 15) is 0 Å². The minimum atomic E-state index is 0.233. The highest BCUT2D eigenvalue weighted by Gasteiger charge is 2.22. The van der Waals surface area contributed by atoms with Crippen LogP contribution in [0.1, 0.15) is 0 Å². The lowest BCUT2D eigenvalue weighted by molar-refractivity contribution is 0.174. The first-order valence-electron chi connectivity index (χ1n) is 9.45. The average molecular weight is 420 g/mol. The largest absolute Gasteiger partial charge is 0.493 e. The molecule has 152 valence electrons. The Hall–Kier alpha value is -3.25. The third-order valence-electron chi connectivity index (χ3n) is 5.17. The van der Waals surface area contributed by atoms with E-state index in [4.69, 9.17) is 23.7 Å². The van der Waals surface area contributed by atoms with Crippen LogP contribution in [0.25, 0.3) is 21.5 Å². The highest BCUT2D eigenvalue weighted by atomic mass is 32.2. The molecule has 0 aliphatic carbocycles. The molecule has 0 atom stereocenters. The number of ether oxygens (including phenoxy) is 5. The molecular weight excluding hydrogens is 400 g/mol. The van der Waals surface area contributed by atoms with Gasteiger partial charge in [-0.2, -0.15) is 0 Å². The molecule has 5 nitrogen and oxygen atoms in total. The summed E-state index contributed by atoms with van der Waals surface area (Å²) in [4.78, 5) is 2.23. The first-order valence-corrected chi connectivity index (χ1v) is 10.3. The molecule has 0 bridgehead atoms. The van der Waals surface area contributed by atoms with E-state index in [2.05, 4.69) is 18.2 Å². The summed E-state index contributed by atoms with van der Waals surface area (Å²) in [5, 5.41) is 4.08. The molecule has 0 spiro atoms. The Bertz CT molecular complexity index is 1250. The second kappa shape index (κ2) is 7.54. The van der Waals surface area contributed by atoms with Crippen molar-refractivity contribution in [2.24, 2.45) is 0 Å². The van der Waals surface area contributed by atoms with Gasteiger partial charge in [0.15, 0.2) is 23.0 Å². The number of rotatable bonds is 5. The van der Waals surface area contributed by atoms with E-state index < -0.39 is 0 Å². The first kappa shape index (κ1) is 18.8. The molecular formula is C24H20O5S. The maximum absolute atomic E-state index is 5.77. The molecule has 0 saturated heterocycles. The number of hydrogen-bond acceptors (Lipinski definition) is 6. The molecule has 6 heteroatoms. The van der Waals surface area contributed by atoms with Crippen LogP contribution in [0.4, 0.5) is 0 Å². The van der Waals surface area contributed by atoms with Crippen molar-refractivity contribution in [1.82, 2.24) is 0 Å². The van der Waals surface area contributed by atoms with E-state index in [1.54, 1.807) is 33.1 Å². The van der Waals surface area contributed by atoms with Gasteiger partial charge in [0, 0.05) is 25.9 Å². The van der Waals surface area contributed by atoms with Gasteiger partial charge in [-0.05, 0) is 41.8 Å². The Kier molecular flexibility index (Phi) is 4.71. The van der Waals surface area contributed by atoms with Crippen LogP contribution in [-0.2, 0) is 0 Å². The minimum absolute atomic E-state index is 0.233. The molecule has 0 fully saturated rings. The van der Waals surface area contributed by atoms with Gasteiger partial charge in [0.1, 0.15) is 0 Å². The van der Waals surface area contributed by atoms with Crippen LogP contribution in [-0.4, -0.2) is 28.1 Å². The predicted molar refractivity (Wildman–Crippen MR) is 118 cm³/mol. The van der Waals surface area contributed by atoms with Gasteiger partial charge in [-0.15, -0.1) is 0 Å². The molecule has 4 aromatic rings. The van der Waals surface area contributed by atoms with E-state index >= 15 is 0 Å². The summed E-state index contributed by atoms with van der Waals surface area (Å²) < 4.78 is 28.3.